The molecule has 0 saturated carbocycles. The van der Waals surface area contributed by atoms with Crippen LogP contribution in [0.5, 0.6) is 5.75 Å². The van der Waals surface area contributed by atoms with E-state index in [4.69, 9.17) is 14.2 Å². The Balaban J connectivity index is 1.24. The van der Waals surface area contributed by atoms with Gasteiger partial charge in [0.2, 0.25) is 6.29 Å². The first-order valence-electron chi connectivity index (χ1n) is 12.8. The first kappa shape index (κ1) is 25.6. The molecule has 0 unspecified atom stereocenters. The fourth-order valence-corrected chi connectivity index (χ4v) is 4.67. The molecule has 0 fully saturated rings. The van der Waals surface area contributed by atoms with E-state index in [9.17, 15) is 9.90 Å². The van der Waals surface area contributed by atoms with Gasteiger partial charge in [-0.3, -0.25) is 4.79 Å². The van der Waals surface area contributed by atoms with Crippen LogP contribution in [-0.4, -0.2) is 35.9 Å². The molecule has 1 aromatic heterocycles. The highest BCUT2D eigenvalue weighted by Crippen LogP contribution is 2.32. The normalized spacial score (nSPS) is 17.1. The fraction of sp³-hybridized carbons (Fsp3) is 0.258. The molecular weight excluding hydrogens is 480 g/mol. The van der Waals surface area contributed by atoms with E-state index in [0.29, 0.717) is 26.0 Å². The van der Waals surface area contributed by atoms with Crippen molar-refractivity contribution in [2.45, 2.75) is 38.3 Å². The highest BCUT2D eigenvalue weighted by atomic mass is 16.7. The quantitative estimate of drug-likeness (QED) is 0.279. The summed E-state index contributed by atoms with van der Waals surface area (Å²) in [6.07, 6.45) is 4.56. The summed E-state index contributed by atoms with van der Waals surface area (Å²) in [5, 5.41) is 13.3. The number of methoxy groups -OCH3 is 1. The Morgan fingerprint density at radius 3 is 2.63 bits per heavy atom. The van der Waals surface area contributed by atoms with E-state index in [2.05, 4.69) is 22.4 Å². The van der Waals surface area contributed by atoms with Crippen molar-refractivity contribution < 1.29 is 24.1 Å². The predicted octanol–water partition coefficient (Wildman–Crippen LogP) is 4.96. The SMILES string of the molecule is COc1ccc2[nH]cc(CCNC(=O)C3=C[C@@H](c4ccccc4)C[C@@H](OCc4ccc(CO)cc4)O3)c2c1. The number of amides is 1. The van der Waals surface area contributed by atoms with Crippen LogP contribution in [0.1, 0.15) is 34.6 Å². The molecule has 0 radical (unpaired) electrons. The molecule has 0 aliphatic carbocycles. The molecule has 4 aromatic rings. The number of aromatic amines is 1. The van der Waals surface area contributed by atoms with Crippen LogP contribution in [0.25, 0.3) is 10.9 Å². The van der Waals surface area contributed by atoms with Crippen molar-refractivity contribution in [3.8, 4) is 5.75 Å². The molecule has 3 aromatic carbocycles. The number of aromatic nitrogens is 1. The van der Waals surface area contributed by atoms with Gasteiger partial charge in [-0.15, -0.1) is 0 Å². The monoisotopic (exact) mass is 512 g/mol. The molecule has 0 spiro atoms. The highest BCUT2D eigenvalue weighted by molar-refractivity contribution is 5.92. The molecule has 196 valence electrons. The Bertz CT molecular complexity index is 1400. The number of hydrogen-bond acceptors (Lipinski definition) is 5. The van der Waals surface area contributed by atoms with Crippen molar-refractivity contribution in [3.63, 3.8) is 0 Å². The number of benzene rings is 3. The lowest BCUT2D eigenvalue weighted by Gasteiger charge is -2.29. The molecule has 3 N–H and O–H groups in total. The van der Waals surface area contributed by atoms with Crippen molar-refractivity contribution in [2.75, 3.05) is 13.7 Å². The van der Waals surface area contributed by atoms with Crippen molar-refractivity contribution >= 4 is 16.8 Å². The second kappa shape index (κ2) is 12.0. The minimum absolute atomic E-state index is 0.00337. The summed E-state index contributed by atoms with van der Waals surface area (Å²) in [5.74, 6) is 0.800. The van der Waals surface area contributed by atoms with Crippen LogP contribution in [-0.2, 0) is 33.9 Å². The third-order valence-electron chi connectivity index (χ3n) is 6.80. The molecule has 2 heterocycles. The number of nitrogens with one attached hydrogen (secondary N) is 2. The zero-order chi connectivity index (χ0) is 26.3. The molecule has 1 aliphatic heterocycles. The van der Waals surface area contributed by atoms with Crippen LogP contribution in [0.3, 0.4) is 0 Å². The Kier molecular flexibility index (Phi) is 8.06. The van der Waals surface area contributed by atoms with Gasteiger partial charge in [0.1, 0.15) is 5.75 Å². The van der Waals surface area contributed by atoms with Crippen LogP contribution < -0.4 is 10.1 Å². The molecule has 1 amide bonds. The summed E-state index contributed by atoms with van der Waals surface area (Å²) in [4.78, 5) is 16.4. The Labute approximate surface area is 222 Å². The van der Waals surface area contributed by atoms with Crippen molar-refractivity contribution in [1.29, 1.82) is 0 Å². The van der Waals surface area contributed by atoms with Gasteiger partial charge in [-0.2, -0.15) is 0 Å². The van der Waals surface area contributed by atoms with Gasteiger partial charge >= 0.3 is 0 Å². The lowest BCUT2D eigenvalue weighted by atomic mass is 9.93. The number of carbonyl (C=O) groups is 1. The van der Waals surface area contributed by atoms with Crippen molar-refractivity contribution in [3.05, 3.63) is 113 Å². The van der Waals surface area contributed by atoms with Gasteiger partial charge in [0.15, 0.2) is 5.76 Å². The molecule has 7 heteroatoms. The average Bonchev–Trinajstić information content (AvgIpc) is 3.38. The van der Waals surface area contributed by atoms with Crippen molar-refractivity contribution in [1.82, 2.24) is 10.3 Å². The number of aliphatic hydroxyl groups excluding tert-OH is 1. The van der Waals surface area contributed by atoms with Gasteiger partial charge in [0.25, 0.3) is 5.91 Å². The molecule has 1 aliphatic rings. The van der Waals surface area contributed by atoms with Gasteiger partial charge in [0.05, 0.1) is 20.3 Å². The van der Waals surface area contributed by atoms with Gasteiger partial charge in [-0.25, -0.2) is 0 Å². The highest BCUT2D eigenvalue weighted by Gasteiger charge is 2.28. The van der Waals surface area contributed by atoms with E-state index in [1.807, 2.05) is 72.9 Å². The number of carbonyl (C=O) groups excluding carboxylic acids is 1. The third kappa shape index (κ3) is 6.07. The van der Waals surface area contributed by atoms with Crippen LogP contribution in [0.2, 0.25) is 0 Å². The molecule has 0 bridgehead atoms. The second-order valence-electron chi connectivity index (χ2n) is 9.35. The first-order chi connectivity index (χ1) is 18.6. The van der Waals surface area contributed by atoms with Gasteiger partial charge in [-0.1, -0.05) is 54.6 Å². The number of H-pyrrole nitrogens is 1. The summed E-state index contributed by atoms with van der Waals surface area (Å²) in [5.41, 5.74) is 5.06. The molecule has 38 heavy (non-hydrogen) atoms. The maximum absolute atomic E-state index is 13.1. The summed E-state index contributed by atoms with van der Waals surface area (Å²) in [7, 11) is 1.65. The first-order valence-corrected chi connectivity index (χ1v) is 12.8. The zero-order valence-corrected chi connectivity index (χ0v) is 21.4. The number of rotatable bonds is 10. The predicted molar refractivity (Wildman–Crippen MR) is 145 cm³/mol. The number of allylic oxidation sites excluding steroid dienone is 1. The maximum atomic E-state index is 13.1. The second-order valence-corrected chi connectivity index (χ2v) is 9.35. The molecular formula is C31H32N2O5. The fourth-order valence-electron chi connectivity index (χ4n) is 4.67. The third-order valence-corrected chi connectivity index (χ3v) is 6.80. The van der Waals surface area contributed by atoms with Crippen LogP contribution in [0.4, 0.5) is 0 Å². The molecule has 2 atom stereocenters. The minimum atomic E-state index is -0.565. The van der Waals surface area contributed by atoms with E-state index in [1.54, 1.807) is 7.11 Å². The standard InChI is InChI=1S/C31H32N2O5/c1-36-26-11-12-28-27(17-26)24(18-33-28)13-14-32-31(35)29-15-25(23-5-3-2-4-6-23)16-30(38-29)37-20-22-9-7-21(19-34)8-10-22/h2-12,15,17-18,25,30,33-34H,13-14,16,19-20H2,1H3,(H,32,35)/t25-,30+/m1/s1. The lowest BCUT2D eigenvalue weighted by Crippen LogP contribution is -2.33. The summed E-state index contributed by atoms with van der Waals surface area (Å²) < 4.78 is 17.5. The van der Waals surface area contributed by atoms with E-state index in [0.717, 1.165) is 38.9 Å². The number of aliphatic hydroxyl groups is 1. The summed E-state index contributed by atoms with van der Waals surface area (Å²) in [6.45, 7) is 0.808. The average molecular weight is 513 g/mol. The van der Waals surface area contributed by atoms with E-state index < -0.39 is 6.29 Å². The molecule has 7 nitrogen and oxygen atoms in total. The van der Waals surface area contributed by atoms with E-state index in [-0.39, 0.29) is 24.2 Å². The number of hydrogen-bond donors (Lipinski definition) is 3. The van der Waals surface area contributed by atoms with Crippen LogP contribution in [0, 0.1) is 0 Å². The lowest BCUT2D eigenvalue weighted by molar-refractivity contribution is -0.150. The number of ether oxygens (including phenoxy) is 3. The largest absolute Gasteiger partial charge is 0.497 e. The Morgan fingerprint density at radius 1 is 1.08 bits per heavy atom. The molecule has 5 rings (SSSR count). The van der Waals surface area contributed by atoms with Gasteiger partial charge < -0.3 is 29.6 Å². The summed E-state index contributed by atoms with van der Waals surface area (Å²) in [6, 6.07) is 23.6. The van der Waals surface area contributed by atoms with Crippen molar-refractivity contribution in [2.24, 2.45) is 0 Å². The molecule has 0 saturated heterocycles. The van der Waals surface area contributed by atoms with E-state index >= 15 is 0 Å². The number of fused-ring (bicyclic) bond motifs is 1. The topological polar surface area (TPSA) is 92.8 Å². The van der Waals surface area contributed by atoms with E-state index in [1.165, 1.54) is 0 Å². The van der Waals surface area contributed by atoms with Crippen LogP contribution >= 0.6 is 0 Å². The summed E-state index contributed by atoms with van der Waals surface area (Å²) >= 11 is 0. The van der Waals surface area contributed by atoms with Crippen LogP contribution in [0.15, 0.2) is 90.8 Å². The van der Waals surface area contributed by atoms with Gasteiger partial charge in [-0.05, 0) is 52.9 Å². The minimum Gasteiger partial charge on any atom is -0.497 e. The zero-order valence-electron chi connectivity index (χ0n) is 21.4. The maximum Gasteiger partial charge on any atom is 0.286 e. The Hall–Kier alpha value is -4.07. The smallest absolute Gasteiger partial charge is 0.286 e. The Morgan fingerprint density at radius 2 is 1.87 bits per heavy atom. The van der Waals surface area contributed by atoms with Gasteiger partial charge in [0, 0.05) is 36.0 Å².